The van der Waals surface area contributed by atoms with E-state index in [9.17, 15) is 4.79 Å². The van der Waals surface area contributed by atoms with E-state index in [2.05, 4.69) is 17.6 Å². The molecule has 16 heavy (non-hydrogen) atoms. The zero-order chi connectivity index (χ0) is 11.4. The monoisotopic (exact) mass is 224 g/mol. The number of carbonyl (C=O) groups is 1. The second-order valence-electron chi connectivity index (χ2n) is 5.78. The van der Waals surface area contributed by atoms with Crippen molar-refractivity contribution in [2.45, 2.75) is 45.4 Å². The summed E-state index contributed by atoms with van der Waals surface area (Å²) >= 11 is 0. The van der Waals surface area contributed by atoms with E-state index in [1.165, 1.54) is 25.7 Å². The summed E-state index contributed by atoms with van der Waals surface area (Å²) in [6.07, 6.45) is 7.39. The molecule has 1 heterocycles. The van der Waals surface area contributed by atoms with Crippen molar-refractivity contribution < 1.29 is 4.79 Å². The summed E-state index contributed by atoms with van der Waals surface area (Å²) in [4.78, 5) is 11.9. The summed E-state index contributed by atoms with van der Waals surface area (Å²) in [5, 5.41) is 6.45. The van der Waals surface area contributed by atoms with Crippen LogP contribution in [0.15, 0.2) is 0 Å². The van der Waals surface area contributed by atoms with Crippen LogP contribution in [0.25, 0.3) is 0 Å². The van der Waals surface area contributed by atoms with Gasteiger partial charge in [0.05, 0.1) is 5.92 Å². The number of carbonyl (C=O) groups excluding carboxylic acids is 1. The highest BCUT2D eigenvalue weighted by Gasteiger charge is 2.30. The van der Waals surface area contributed by atoms with Gasteiger partial charge in [0.1, 0.15) is 0 Å². The minimum absolute atomic E-state index is 0.207. The van der Waals surface area contributed by atoms with Crippen LogP contribution in [0.2, 0.25) is 0 Å². The molecule has 3 nitrogen and oxygen atoms in total. The summed E-state index contributed by atoms with van der Waals surface area (Å²) in [6, 6.07) is 0. The van der Waals surface area contributed by atoms with E-state index in [0.717, 1.165) is 32.5 Å². The molecule has 0 bridgehead atoms. The van der Waals surface area contributed by atoms with Crippen LogP contribution < -0.4 is 10.6 Å². The summed E-state index contributed by atoms with van der Waals surface area (Å²) in [5.74, 6) is 0.471. The van der Waals surface area contributed by atoms with Gasteiger partial charge in [0.2, 0.25) is 5.91 Å². The highest BCUT2D eigenvalue weighted by molar-refractivity contribution is 5.79. The van der Waals surface area contributed by atoms with Crippen LogP contribution in [-0.4, -0.2) is 25.5 Å². The van der Waals surface area contributed by atoms with Crippen molar-refractivity contribution in [1.29, 1.82) is 0 Å². The number of nitrogens with one attached hydrogen (secondary N) is 2. The van der Waals surface area contributed by atoms with Gasteiger partial charge in [-0.3, -0.25) is 4.79 Å². The fraction of sp³-hybridized carbons (Fsp3) is 0.923. The second-order valence-corrected chi connectivity index (χ2v) is 5.78. The van der Waals surface area contributed by atoms with Crippen LogP contribution in [-0.2, 0) is 4.79 Å². The first-order valence-corrected chi connectivity index (χ1v) is 6.68. The highest BCUT2D eigenvalue weighted by Crippen LogP contribution is 2.36. The third kappa shape index (κ3) is 2.97. The molecule has 1 saturated heterocycles. The Bertz CT molecular complexity index is 240. The minimum Gasteiger partial charge on any atom is -0.355 e. The lowest BCUT2D eigenvalue weighted by Crippen LogP contribution is -2.43. The molecule has 1 unspecified atom stereocenters. The van der Waals surface area contributed by atoms with Crippen molar-refractivity contribution in [1.82, 2.24) is 10.6 Å². The third-order valence-electron chi connectivity index (χ3n) is 4.17. The van der Waals surface area contributed by atoms with Gasteiger partial charge >= 0.3 is 0 Å². The summed E-state index contributed by atoms with van der Waals surface area (Å²) in [7, 11) is 0. The number of amides is 1. The maximum atomic E-state index is 11.9. The van der Waals surface area contributed by atoms with E-state index in [-0.39, 0.29) is 11.8 Å². The Morgan fingerprint density at radius 2 is 2.12 bits per heavy atom. The van der Waals surface area contributed by atoms with E-state index < -0.39 is 0 Å². The topological polar surface area (TPSA) is 41.1 Å². The van der Waals surface area contributed by atoms with Gasteiger partial charge < -0.3 is 10.6 Å². The maximum Gasteiger partial charge on any atom is 0.224 e. The Morgan fingerprint density at radius 3 is 2.75 bits per heavy atom. The number of piperidine rings is 1. The Balaban J connectivity index is 1.74. The number of hydrogen-bond donors (Lipinski definition) is 2. The highest BCUT2D eigenvalue weighted by atomic mass is 16.1. The molecule has 2 rings (SSSR count). The number of rotatable bonds is 3. The Hall–Kier alpha value is -0.570. The first kappa shape index (κ1) is 11.9. The SMILES string of the molecule is CC1(CNC(=O)C2CCCNC2)CCCC1. The van der Waals surface area contributed by atoms with Crippen molar-refractivity contribution in [3.63, 3.8) is 0 Å². The number of hydrogen-bond acceptors (Lipinski definition) is 2. The Kier molecular flexibility index (Phi) is 3.85. The predicted molar refractivity (Wildman–Crippen MR) is 65.2 cm³/mol. The Labute approximate surface area is 98.4 Å². The normalized spacial score (nSPS) is 28.9. The van der Waals surface area contributed by atoms with Gasteiger partial charge in [-0.1, -0.05) is 19.8 Å². The molecule has 0 spiro atoms. The minimum atomic E-state index is 0.207. The Morgan fingerprint density at radius 1 is 1.38 bits per heavy atom. The average molecular weight is 224 g/mol. The molecule has 1 aliphatic carbocycles. The largest absolute Gasteiger partial charge is 0.355 e. The van der Waals surface area contributed by atoms with Crippen molar-refractivity contribution in [3.05, 3.63) is 0 Å². The van der Waals surface area contributed by atoms with Gasteiger partial charge in [-0.15, -0.1) is 0 Å². The lowest BCUT2D eigenvalue weighted by molar-refractivity contribution is -0.125. The molecule has 1 saturated carbocycles. The van der Waals surface area contributed by atoms with Gasteiger partial charge in [-0.2, -0.15) is 0 Å². The second kappa shape index (κ2) is 5.17. The van der Waals surface area contributed by atoms with Gasteiger partial charge in [-0.25, -0.2) is 0 Å². The van der Waals surface area contributed by atoms with Crippen molar-refractivity contribution in [3.8, 4) is 0 Å². The molecule has 2 aliphatic rings. The van der Waals surface area contributed by atoms with Crippen LogP contribution in [0.5, 0.6) is 0 Å². The fourth-order valence-electron chi connectivity index (χ4n) is 2.93. The van der Waals surface area contributed by atoms with Crippen LogP contribution in [0.4, 0.5) is 0 Å². The van der Waals surface area contributed by atoms with Gasteiger partial charge in [0.25, 0.3) is 0 Å². The maximum absolute atomic E-state index is 11.9. The van der Waals surface area contributed by atoms with Crippen LogP contribution in [0, 0.1) is 11.3 Å². The molecule has 0 aromatic carbocycles. The molecule has 1 amide bonds. The third-order valence-corrected chi connectivity index (χ3v) is 4.17. The first-order chi connectivity index (χ1) is 7.70. The summed E-state index contributed by atoms with van der Waals surface area (Å²) in [5.41, 5.74) is 0.373. The van der Waals surface area contributed by atoms with Crippen molar-refractivity contribution >= 4 is 5.91 Å². The van der Waals surface area contributed by atoms with Gasteiger partial charge in [0, 0.05) is 13.1 Å². The smallest absolute Gasteiger partial charge is 0.224 e. The van der Waals surface area contributed by atoms with Crippen LogP contribution in [0.1, 0.15) is 45.4 Å². The van der Waals surface area contributed by atoms with Crippen molar-refractivity contribution in [2.75, 3.05) is 19.6 Å². The van der Waals surface area contributed by atoms with Gasteiger partial charge in [-0.05, 0) is 37.6 Å². The quantitative estimate of drug-likeness (QED) is 0.766. The van der Waals surface area contributed by atoms with Crippen molar-refractivity contribution in [2.24, 2.45) is 11.3 Å². The molecular formula is C13H24N2O. The van der Waals surface area contributed by atoms with E-state index in [1.54, 1.807) is 0 Å². The standard InChI is InChI=1S/C13H24N2O/c1-13(6-2-3-7-13)10-15-12(16)11-5-4-8-14-9-11/h11,14H,2-10H2,1H3,(H,15,16). The molecule has 0 aromatic heterocycles. The molecule has 2 N–H and O–H groups in total. The zero-order valence-corrected chi connectivity index (χ0v) is 10.3. The van der Waals surface area contributed by atoms with E-state index >= 15 is 0 Å². The van der Waals surface area contributed by atoms with Crippen LogP contribution >= 0.6 is 0 Å². The van der Waals surface area contributed by atoms with E-state index in [4.69, 9.17) is 0 Å². The first-order valence-electron chi connectivity index (χ1n) is 6.68. The van der Waals surface area contributed by atoms with E-state index in [1.807, 2.05) is 0 Å². The molecular weight excluding hydrogens is 200 g/mol. The summed E-state index contributed by atoms with van der Waals surface area (Å²) in [6.45, 7) is 5.12. The molecule has 92 valence electrons. The predicted octanol–water partition coefficient (Wildman–Crippen LogP) is 1.68. The molecule has 3 heteroatoms. The molecule has 1 aliphatic heterocycles. The fourth-order valence-corrected chi connectivity index (χ4v) is 2.93. The molecule has 2 fully saturated rings. The van der Waals surface area contributed by atoms with E-state index in [0.29, 0.717) is 5.41 Å². The zero-order valence-electron chi connectivity index (χ0n) is 10.3. The molecule has 0 aromatic rings. The average Bonchev–Trinajstić information content (AvgIpc) is 2.75. The lowest BCUT2D eigenvalue weighted by Gasteiger charge is -2.27. The molecule has 1 atom stereocenters. The summed E-state index contributed by atoms with van der Waals surface area (Å²) < 4.78 is 0. The lowest BCUT2D eigenvalue weighted by atomic mass is 9.88. The van der Waals surface area contributed by atoms with Crippen LogP contribution in [0.3, 0.4) is 0 Å². The molecule has 0 radical (unpaired) electrons. The van der Waals surface area contributed by atoms with Gasteiger partial charge in [0.15, 0.2) is 0 Å².